The molecule has 0 amide bonds. The van der Waals surface area contributed by atoms with Gasteiger partial charge in [-0.25, -0.2) is 0 Å². The molecule has 0 aromatic heterocycles. The van der Waals surface area contributed by atoms with Crippen molar-refractivity contribution in [1.82, 2.24) is 0 Å². The molecule has 6 heteroatoms. The Bertz CT molecular complexity index is 491. The van der Waals surface area contributed by atoms with Crippen LogP contribution in [0.25, 0.3) is 0 Å². The zero-order valence-electron chi connectivity index (χ0n) is 10.1. The topological polar surface area (TPSA) is 18.5 Å². The van der Waals surface area contributed by atoms with Crippen molar-refractivity contribution in [3.05, 3.63) is 57.5 Å². The predicted octanol–water partition coefficient (Wildman–Crippen LogP) is 6.11. The number of rotatable bonds is 5. The predicted molar refractivity (Wildman–Crippen MR) is 95.0 cm³/mol. The summed E-state index contributed by atoms with van der Waals surface area (Å²) in [5, 5.41) is -0.625. The molecule has 0 fully saturated rings. The van der Waals surface area contributed by atoms with Crippen LogP contribution in [0.1, 0.15) is 0 Å². The van der Waals surface area contributed by atoms with Gasteiger partial charge in [-0.3, -0.25) is 0 Å². The smallest absolute Gasteiger partial charge is 0.199 e. The molecule has 0 unspecified atom stereocenters. The minimum atomic E-state index is -0.313. The van der Waals surface area contributed by atoms with Gasteiger partial charge < -0.3 is 9.47 Å². The molecule has 0 saturated carbocycles. The molecule has 0 heterocycles. The number of halogens is 4. The first-order valence-corrected chi connectivity index (χ1v) is 9.09. The van der Waals surface area contributed by atoms with Gasteiger partial charge in [0.15, 0.2) is 10.0 Å². The van der Waals surface area contributed by atoms with Crippen LogP contribution in [0.4, 0.5) is 0 Å². The van der Waals surface area contributed by atoms with Crippen LogP contribution in [0, 0.1) is 0 Å². The van der Waals surface area contributed by atoms with Crippen LogP contribution < -0.4 is 9.47 Å². The normalized spacial score (nSPS) is 13.6. The second kappa shape index (κ2) is 7.82. The molecular weight excluding hydrogens is 520 g/mol. The Kier molecular flexibility index (Phi) is 6.39. The highest BCUT2D eigenvalue weighted by atomic mass is 79.9. The van der Waals surface area contributed by atoms with Gasteiger partial charge in [-0.2, -0.15) is 0 Å². The van der Waals surface area contributed by atoms with Gasteiger partial charge in [-0.05, 0) is 80.4 Å². The van der Waals surface area contributed by atoms with Crippen molar-refractivity contribution in [3.63, 3.8) is 0 Å². The van der Waals surface area contributed by atoms with E-state index in [2.05, 4.69) is 63.7 Å². The van der Waals surface area contributed by atoms with Crippen LogP contribution in [0.2, 0.25) is 0 Å². The monoisotopic (exact) mass is 526 g/mol. The molecule has 2 nitrogen and oxygen atoms in total. The molecule has 0 spiro atoms. The average molecular weight is 530 g/mol. The molecule has 106 valence electrons. The van der Waals surface area contributed by atoms with E-state index in [4.69, 9.17) is 9.47 Å². The summed E-state index contributed by atoms with van der Waals surface area (Å²) in [6.07, 6.45) is 0. The third kappa shape index (κ3) is 5.06. The average Bonchev–Trinajstić information content (AvgIpc) is 2.44. The van der Waals surface area contributed by atoms with Gasteiger partial charge in [0, 0.05) is 8.95 Å². The maximum absolute atomic E-state index is 5.74. The Morgan fingerprint density at radius 1 is 0.600 bits per heavy atom. The summed E-state index contributed by atoms with van der Waals surface area (Å²) in [6, 6.07) is 15.2. The first-order chi connectivity index (χ1) is 9.54. The second-order valence-electron chi connectivity index (χ2n) is 3.85. The Labute approximate surface area is 151 Å². The molecular formula is C14H10Br4O2. The summed E-state index contributed by atoms with van der Waals surface area (Å²) in [4.78, 5) is 0. The summed E-state index contributed by atoms with van der Waals surface area (Å²) in [7, 11) is 0. The SMILES string of the molecule is Brc1ccc(O[C@@H](Br)[C@H](Br)Oc2ccc(Br)cc2)cc1. The first kappa shape index (κ1) is 16.3. The van der Waals surface area contributed by atoms with E-state index in [1.807, 2.05) is 48.5 Å². The van der Waals surface area contributed by atoms with E-state index in [0.29, 0.717) is 0 Å². The molecule has 0 bridgehead atoms. The van der Waals surface area contributed by atoms with E-state index in [1.165, 1.54) is 0 Å². The highest BCUT2D eigenvalue weighted by Crippen LogP contribution is 2.25. The lowest BCUT2D eigenvalue weighted by Crippen LogP contribution is -2.26. The second-order valence-corrected chi connectivity index (χ2v) is 7.48. The third-order valence-corrected chi connectivity index (χ3v) is 5.43. The summed E-state index contributed by atoms with van der Waals surface area (Å²) in [6.45, 7) is 0. The number of alkyl halides is 2. The van der Waals surface area contributed by atoms with E-state index < -0.39 is 0 Å². The van der Waals surface area contributed by atoms with Crippen molar-refractivity contribution >= 4 is 63.7 Å². The van der Waals surface area contributed by atoms with Crippen LogP contribution >= 0.6 is 63.7 Å². The zero-order valence-corrected chi connectivity index (χ0v) is 16.4. The van der Waals surface area contributed by atoms with Gasteiger partial charge >= 0.3 is 0 Å². The largest absolute Gasteiger partial charge is 0.474 e. The first-order valence-electron chi connectivity index (χ1n) is 5.67. The van der Waals surface area contributed by atoms with Gasteiger partial charge in [-0.1, -0.05) is 31.9 Å². The van der Waals surface area contributed by atoms with Gasteiger partial charge in [-0.15, -0.1) is 0 Å². The molecule has 0 aliphatic carbocycles. The molecule has 0 aliphatic heterocycles. The van der Waals surface area contributed by atoms with E-state index in [9.17, 15) is 0 Å². The quantitative estimate of drug-likeness (QED) is 0.435. The highest BCUT2D eigenvalue weighted by Gasteiger charge is 2.19. The molecule has 20 heavy (non-hydrogen) atoms. The van der Waals surface area contributed by atoms with Crippen LogP contribution in [0.15, 0.2) is 57.5 Å². The molecule has 2 aromatic carbocycles. The maximum Gasteiger partial charge on any atom is 0.199 e. The Morgan fingerprint density at radius 3 is 1.20 bits per heavy atom. The van der Waals surface area contributed by atoms with E-state index in [0.717, 1.165) is 20.4 Å². The van der Waals surface area contributed by atoms with Crippen molar-refractivity contribution in [1.29, 1.82) is 0 Å². The summed E-state index contributed by atoms with van der Waals surface area (Å²) in [5.74, 6) is 1.53. The maximum atomic E-state index is 5.74. The van der Waals surface area contributed by atoms with E-state index >= 15 is 0 Å². The fraction of sp³-hybridized carbons (Fsp3) is 0.143. The Balaban J connectivity index is 1.93. The van der Waals surface area contributed by atoms with Crippen LogP contribution in [0.3, 0.4) is 0 Å². The fourth-order valence-corrected chi connectivity index (χ4v) is 2.57. The highest BCUT2D eigenvalue weighted by molar-refractivity contribution is 9.12. The molecule has 0 radical (unpaired) electrons. The molecule has 0 aliphatic rings. The number of benzene rings is 2. The molecule has 0 N–H and O–H groups in total. The lowest BCUT2D eigenvalue weighted by Gasteiger charge is -2.20. The number of hydrogen-bond acceptors (Lipinski definition) is 2. The van der Waals surface area contributed by atoms with Crippen molar-refractivity contribution in [2.45, 2.75) is 10.0 Å². The minimum absolute atomic E-state index is 0.313. The van der Waals surface area contributed by atoms with Gasteiger partial charge in [0.2, 0.25) is 0 Å². The molecule has 2 aromatic rings. The Hall–Kier alpha value is -0.0400. The van der Waals surface area contributed by atoms with Gasteiger partial charge in [0.25, 0.3) is 0 Å². The van der Waals surface area contributed by atoms with E-state index in [1.54, 1.807) is 0 Å². The lowest BCUT2D eigenvalue weighted by molar-refractivity contribution is 0.178. The van der Waals surface area contributed by atoms with E-state index in [-0.39, 0.29) is 10.0 Å². The van der Waals surface area contributed by atoms with Crippen molar-refractivity contribution in [3.8, 4) is 11.5 Å². The molecule has 2 atom stereocenters. The zero-order chi connectivity index (χ0) is 14.5. The van der Waals surface area contributed by atoms with Gasteiger partial charge in [0.1, 0.15) is 11.5 Å². The number of ether oxygens (including phenoxy) is 2. The number of hydrogen-bond donors (Lipinski definition) is 0. The summed E-state index contributed by atoms with van der Waals surface area (Å²) >= 11 is 13.7. The summed E-state index contributed by atoms with van der Waals surface area (Å²) in [5.41, 5.74) is 0. The van der Waals surface area contributed by atoms with Crippen molar-refractivity contribution in [2.24, 2.45) is 0 Å². The van der Waals surface area contributed by atoms with Crippen molar-refractivity contribution in [2.75, 3.05) is 0 Å². The minimum Gasteiger partial charge on any atom is -0.474 e. The Morgan fingerprint density at radius 2 is 0.900 bits per heavy atom. The molecule has 2 rings (SSSR count). The van der Waals surface area contributed by atoms with Crippen molar-refractivity contribution < 1.29 is 9.47 Å². The van der Waals surface area contributed by atoms with Crippen LogP contribution in [0.5, 0.6) is 11.5 Å². The standard InChI is InChI=1S/C14H10Br4O2/c15-9-1-5-11(6-2-9)19-13(17)14(18)20-12-7-3-10(16)4-8-12/h1-8,13-14H/t13-,14-/m1/s1. The van der Waals surface area contributed by atoms with Gasteiger partial charge in [0.05, 0.1) is 0 Å². The third-order valence-electron chi connectivity index (χ3n) is 2.33. The molecule has 0 saturated heterocycles. The summed E-state index contributed by atoms with van der Waals surface area (Å²) < 4.78 is 13.5. The van der Waals surface area contributed by atoms with Crippen LogP contribution in [-0.4, -0.2) is 10.0 Å². The fourth-order valence-electron chi connectivity index (χ4n) is 1.39. The van der Waals surface area contributed by atoms with Crippen LogP contribution in [-0.2, 0) is 0 Å². The lowest BCUT2D eigenvalue weighted by atomic mass is 10.3.